The molecule has 6 N–H and O–H groups in total. The molecule has 5 rings (SSSR count). The standard InChI is InChI=1S/C29H36N8O7S/c1-29(2)24(26(39)37(29)42-4)33-25(38)22(19-15-45-28(31)32-19)34-44-23(27(40)41)21-9-7-17-12-16(6-8-20(17)43-21)18-13-35(3)36(14-18)11-5-10-30/h6,8,12-15,21,23-24H,5,7,9-11,30H2,1-4H3,(H3-,31,32,33,38,40,41)/p+1/b34-22-/t21?,23-,24-/m1/s1. The molecule has 2 aliphatic rings. The number of amides is 2. The SMILES string of the molecule is CON1C(=O)[C@@H](NC(=O)/C(=N\O[C@@H](C(=O)O)C2CCc3cc(-c4cn(CCCN)[n+](C)c4)ccc3O2)c2csc(N)n2)C1(C)C. The lowest BCUT2D eigenvalue weighted by atomic mass is 9.84. The number of β-lactam (4-membered cyclic amide) rings is 1. The Bertz CT molecular complexity index is 1630. The Labute approximate surface area is 263 Å². The number of aliphatic carboxylic acids is 1. The highest BCUT2D eigenvalue weighted by molar-refractivity contribution is 7.13. The van der Waals surface area contributed by atoms with Crippen molar-refractivity contribution in [2.24, 2.45) is 17.9 Å². The summed E-state index contributed by atoms with van der Waals surface area (Å²) in [5.74, 6) is -2.02. The smallest absolute Gasteiger partial charge is 0.351 e. The molecule has 0 spiro atoms. The topological polar surface area (TPSA) is 200 Å². The van der Waals surface area contributed by atoms with Crippen LogP contribution < -0.4 is 26.2 Å². The molecule has 1 unspecified atom stereocenters. The van der Waals surface area contributed by atoms with Gasteiger partial charge in [0.05, 0.1) is 31.0 Å². The van der Waals surface area contributed by atoms with E-state index in [0.717, 1.165) is 46.1 Å². The molecule has 1 fully saturated rings. The summed E-state index contributed by atoms with van der Waals surface area (Å²) in [4.78, 5) is 52.9. The highest BCUT2D eigenvalue weighted by Crippen LogP contribution is 2.34. The van der Waals surface area contributed by atoms with Crippen molar-refractivity contribution in [3.63, 3.8) is 0 Å². The van der Waals surface area contributed by atoms with E-state index in [0.29, 0.717) is 25.1 Å². The molecule has 0 radical (unpaired) electrons. The van der Waals surface area contributed by atoms with Crippen LogP contribution >= 0.6 is 11.3 Å². The normalized spacial score (nSPS) is 19.7. The van der Waals surface area contributed by atoms with Crippen LogP contribution in [0.1, 0.15) is 37.9 Å². The van der Waals surface area contributed by atoms with Crippen LogP contribution in [0.15, 0.2) is 41.1 Å². The number of nitrogens with one attached hydrogen (secondary N) is 1. The van der Waals surface area contributed by atoms with Crippen LogP contribution in [0.2, 0.25) is 0 Å². The number of hydroxylamine groups is 2. The number of fused-ring (bicyclic) bond motifs is 1. The molecule has 16 heteroatoms. The molecule has 45 heavy (non-hydrogen) atoms. The third-order valence-corrected chi connectivity index (χ3v) is 8.61. The Morgan fingerprint density at radius 2 is 2.13 bits per heavy atom. The number of carboxylic acid groups (broad SMARTS) is 1. The minimum Gasteiger partial charge on any atom is -0.485 e. The quantitative estimate of drug-likeness (QED) is 0.0939. The van der Waals surface area contributed by atoms with Gasteiger partial charge in [0.15, 0.2) is 17.9 Å². The summed E-state index contributed by atoms with van der Waals surface area (Å²) in [5.41, 5.74) is 13.3. The van der Waals surface area contributed by atoms with Gasteiger partial charge in [0, 0.05) is 5.38 Å². The molecule has 1 aromatic carbocycles. The minimum absolute atomic E-state index is 0.0695. The second kappa shape index (κ2) is 12.8. The van der Waals surface area contributed by atoms with E-state index in [-0.39, 0.29) is 16.5 Å². The van der Waals surface area contributed by atoms with Crippen LogP contribution in [0.4, 0.5) is 5.13 Å². The van der Waals surface area contributed by atoms with Crippen LogP contribution in [-0.4, -0.2) is 80.8 Å². The number of benzene rings is 1. The number of aryl methyl sites for hydroxylation is 3. The number of aromatic nitrogens is 3. The Kier molecular flexibility index (Phi) is 9.08. The van der Waals surface area contributed by atoms with Gasteiger partial charge in [-0.25, -0.2) is 14.8 Å². The number of ether oxygens (including phenoxy) is 1. The number of rotatable bonds is 12. The lowest BCUT2D eigenvalue weighted by Crippen LogP contribution is -2.76. The monoisotopic (exact) mass is 641 g/mol. The maximum atomic E-state index is 13.3. The molecule has 0 saturated carbocycles. The number of carbonyl (C=O) groups excluding carboxylic acids is 2. The second-order valence-electron chi connectivity index (χ2n) is 11.4. The molecule has 2 amide bonds. The fourth-order valence-corrected chi connectivity index (χ4v) is 6.04. The van der Waals surface area contributed by atoms with Crippen molar-refractivity contribution in [2.45, 2.75) is 63.4 Å². The van der Waals surface area contributed by atoms with Gasteiger partial charge in [-0.1, -0.05) is 11.2 Å². The average molecular weight is 642 g/mol. The zero-order chi connectivity index (χ0) is 32.5. The predicted octanol–water partition coefficient (Wildman–Crippen LogP) is 0.602. The number of nitrogens with zero attached hydrogens (tertiary/aromatic N) is 5. The van der Waals surface area contributed by atoms with Gasteiger partial charge in [-0.15, -0.1) is 16.0 Å². The zero-order valence-electron chi connectivity index (χ0n) is 25.4. The molecule has 0 bridgehead atoms. The summed E-state index contributed by atoms with van der Waals surface area (Å²) in [7, 11) is 3.33. The highest BCUT2D eigenvalue weighted by Gasteiger charge is 2.56. The number of carbonyl (C=O) groups is 3. The molecule has 3 atom stereocenters. The molecule has 15 nitrogen and oxygen atoms in total. The number of thiazole rings is 1. The summed E-state index contributed by atoms with van der Waals surface area (Å²) in [5, 5.41) is 19.4. The van der Waals surface area contributed by atoms with E-state index in [1.54, 1.807) is 13.8 Å². The fourth-order valence-electron chi connectivity index (χ4n) is 5.49. The summed E-state index contributed by atoms with van der Waals surface area (Å²) in [6, 6.07) is 4.85. The predicted molar refractivity (Wildman–Crippen MR) is 163 cm³/mol. The van der Waals surface area contributed by atoms with Gasteiger partial charge >= 0.3 is 5.97 Å². The third-order valence-electron chi connectivity index (χ3n) is 7.93. The molecule has 240 valence electrons. The van der Waals surface area contributed by atoms with Crippen LogP contribution in [0, 0.1) is 0 Å². The van der Waals surface area contributed by atoms with E-state index in [1.807, 2.05) is 36.1 Å². The summed E-state index contributed by atoms with van der Waals surface area (Å²) >= 11 is 1.07. The van der Waals surface area contributed by atoms with Crippen LogP contribution in [0.25, 0.3) is 11.1 Å². The lowest BCUT2D eigenvalue weighted by Gasteiger charge is -2.51. The van der Waals surface area contributed by atoms with Crippen molar-refractivity contribution >= 4 is 40.0 Å². The summed E-state index contributed by atoms with van der Waals surface area (Å²) in [6.45, 7) is 4.86. The van der Waals surface area contributed by atoms with E-state index >= 15 is 0 Å². The van der Waals surface area contributed by atoms with Crippen LogP contribution in [0.3, 0.4) is 0 Å². The Balaban J connectivity index is 1.33. The first-order valence-electron chi connectivity index (χ1n) is 14.4. The lowest BCUT2D eigenvalue weighted by molar-refractivity contribution is -0.753. The first-order valence-corrected chi connectivity index (χ1v) is 15.3. The minimum atomic E-state index is -1.54. The van der Waals surface area contributed by atoms with Gasteiger partial charge in [0.2, 0.25) is 6.20 Å². The Hall–Kier alpha value is -4.54. The molecule has 4 heterocycles. The van der Waals surface area contributed by atoms with Gasteiger partial charge in [0.1, 0.15) is 23.6 Å². The van der Waals surface area contributed by atoms with Crippen molar-refractivity contribution in [1.82, 2.24) is 20.0 Å². The van der Waals surface area contributed by atoms with E-state index in [1.165, 1.54) is 12.5 Å². The zero-order valence-corrected chi connectivity index (χ0v) is 26.2. The van der Waals surface area contributed by atoms with Gasteiger partial charge < -0.3 is 31.5 Å². The number of hydrogen-bond acceptors (Lipinski definition) is 11. The largest absolute Gasteiger partial charge is 0.485 e. The van der Waals surface area contributed by atoms with Gasteiger partial charge in [-0.05, 0) is 62.9 Å². The first kappa shape index (κ1) is 31.9. The van der Waals surface area contributed by atoms with E-state index < -0.39 is 41.6 Å². The molecule has 2 aromatic heterocycles. The number of nitrogen functional groups attached to an aromatic ring is 1. The van der Waals surface area contributed by atoms with Crippen LogP contribution in [0.5, 0.6) is 5.75 Å². The molecule has 2 aliphatic heterocycles. The summed E-state index contributed by atoms with van der Waals surface area (Å²) < 4.78 is 10.2. The fraction of sp³-hybridized carbons (Fsp3) is 0.448. The van der Waals surface area contributed by atoms with Gasteiger partial charge in [-0.3, -0.25) is 14.4 Å². The average Bonchev–Trinajstić information content (AvgIpc) is 3.61. The van der Waals surface area contributed by atoms with Crippen molar-refractivity contribution in [1.29, 1.82) is 0 Å². The van der Waals surface area contributed by atoms with Crippen molar-refractivity contribution in [3.05, 3.63) is 47.2 Å². The molecular weight excluding hydrogens is 604 g/mol. The maximum absolute atomic E-state index is 13.3. The van der Waals surface area contributed by atoms with Gasteiger partial charge in [0.25, 0.3) is 17.9 Å². The molecule has 0 aliphatic carbocycles. The third kappa shape index (κ3) is 6.34. The van der Waals surface area contributed by atoms with E-state index in [2.05, 4.69) is 26.3 Å². The van der Waals surface area contributed by atoms with E-state index in [9.17, 15) is 19.5 Å². The number of hydrogen-bond donors (Lipinski definition) is 4. The van der Waals surface area contributed by atoms with Crippen molar-refractivity contribution < 1.29 is 38.6 Å². The van der Waals surface area contributed by atoms with Gasteiger partial charge in [-0.2, -0.15) is 4.68 Å². The van der Waals surface area contributed by atoms with E-state index in [4.69, 9.17) is 25.9 Å². The number of anilines is 1. The van der Waals surface area contributed by atoms with Crippen molar-refractivity contribution in [3.8, 4) is 16.9 Å². The number of carboxylic acids is 1. The second-order valence-corrected chi connectivity index (χ2v) is 12.3. The number of nitrogens with two attached hydrogens (primary N) is 2. The number of oxime groups is 1. The van der Waals surface area contributed by atoms with Crippen molar-refractivity contribution in [2.75, 3.05) is 19.4 Å². The molecular formula is C29H37N8O7S+. The van der Waals surface area contributed by atoms with Crippen LogP contribution in [-0.2, 0) is 44.1 Å². The molecule has 3 aromatic rings. The molecule has 1 saturated heterocycles. The highest BCUT2D eigenvalue weighted by atomic mass is 32.1. The summed E-state index contributed by atoms with van der Waals surface area (Å²) in [6.07, 6.45) is 3.40. The maximum Gasteiger partial charge on any atom is 0.351 e. The Morgan fingerprint density at radius 1 is 1.36 bits per heavy atom. The first-order chi connectivity index (χ1) is 21.4. The Morgan fingerprint density at radius 3 is 2.78 bits per heavy atom.